The van der Waals surface area contributed by atoms with Crippen molar-refractivity contribution in [1.29, 1.82) is 0 Å². The van der Waals surface area contributed by atoms with Gasteiger partial charge in [0.05, 0.1) is 17.9 Å². The largest absolute Gasteiger partial charge is 0.382 e. The molecular weight excluding hydrogens is 324 g/mol. The minimum absolute atomic E-state index is 0.0329. The van der Waals surface area contributed by atoms with Gasteiger partial charge in [-0.25, -0.2) is 9.67 Å². The quantitative estimate of drug-likeness (QED) is 0.889. The van der Waals surface area contributed by atoms with Crippen molar-refractivity contribution in [2.75, 3.05) is 11.9 Å². The first-order valence-corrected chi connectivity index (χ1v) is 7.14. The molecule has 0 saturated heterocycles. The molecule has 0 amide bonds. The molecule has 1 N–H and O–H groups in total. The van der Waals surface area contributed by atoms with E-state index >= 15 is 0 Å². The van der Waals surface area contributed by atoms with Crippen LogP contribution in [0.3, 0.4) is 0 Å². The first-order chi connectivity index (χ1) is 9.49. The Kier molecular flexibility index (Phi) is 4.53. The highest BCUT2D eigenvalue weighted by atomic mass is 79.9. The van der Waals surface area contributed by atoms with Crippen molar-refractivity contribution in [1.82, 2.24) is 24.5 Å². The van der Waals surface area contributed by atoms with Gasteiger partial charge < -0.3 is 5.32 Å². The van der Waals surface area contributed by atoms with Crippen LogP contribution in [0, 0.1) is 0 Å². The van der Waals surface area contributed by atoms with Crippen LogP contribution >= 0.6 is 15.9 Å². The molecule has 0 aliphatic carbocycles. The smallest absolute Gasteiger partial charge is 0.283 e. The van der Waals surface area contributed by atoms with Gasteiger partial charge in [0, 0.05) is 20.0 Å². The fourth-order valence-electron chi connectivity index (χ4n) is 1.74. The van der Waals surface area contributed by atoms with Crippen LogP contribution in [0.4, 0.5) is 5.69 Å². The van der Waals surface area contributed by atoms with Gasteiger partial charge in [0.15, 0.2) is 5.82 Å². The van der Waals surface area contributed by atoms with E-state index in [1.807, 2.05) is 20.9 Å². The normalized spacial score (nSPS) is 11.1. The van der Waals surface area contributed by atoms with E-state index in [1.165, 1.54) is 4.68 Å². The summed E-state index contributed by atoms with van der Waals surface area (Å²) >= 11 is 3.32. The Morgan fingerprint density at radius 3 is 2.80 bits per heavy atom. The van der Waals surface area contributed by atoms with Crippen molar-refractivity contribution in [2.24, 2.45) is 7.05 Å². The summed E-state index contributed by atoms with van der Waals surface area (Å²) in [6, 6.07) is 0.0329. The maximum absolute atomic E-state index is 12.1. The molecule has 0 aliphatic heterocycles. The third-order valence-corrected chi connectivity index (χ3v) is 3.51. The molecule has 108 valence electrons. The summed E-state index contributed by atoms with van der Waals surface area (Å²) in [6.45, 7) is 4.47. The van der Waals surface area contributed by atoms with Crippen LogP contribution in [0.1, 0.15) is 25.7 Å². The molecule has 2 rings (SSSR count). The average molecular weight is 341 g/mol. The molecule has 0 unspecified atom stereocenters. The van der Waals surface area contributed by atoms with E-state index in [0.717, 1.165) is 5.82 Å². The number of aromatic nitrogens is 5. The number of aryl methyl sites for hydroxylation is 1. The summed E-state index contributed by atoms with van der Waals surface area (Å²) in [5.41, 5.74) is 0.545. The Labute approximate surface area is 125 Å². The molecule has 0 saturated carbocycles. The van der Waals surface area contributed by atoms with Crippen LogP contribution in [0.2, 0.25) is 0 Å². The van der Waals surface area contributed by atoms with E-state index < -0.39 is 0 Å². The zero-order valence-corrected chi connectivity index (χ0v) is 13.3. The van der Waals surface area contributed by atoms with Gasteiger partial charge in [0.1, 0.15) is 10.8 Å². The van der Waals surface area contributed by atoms with Crippen LogP contribution in [-0.2, 0) is 13.5 Å². The Hall–Kier alpha value is -1.70. The molecule has 7 nitrogen and oxygen atoms in total. The van der Waals surface area contributed by atoms with Crippen molar-refractivity contribution in [3.8, 4) is 0 Å². The Morgan fingerprint density at radius 1 is 1.45 bits per heavy atom. The van der Waals surface area contributed by atoms with Gasteiger partial charge in [0.2, 0.25) is 0 Å². The molecule has 0 atom stereocenters. The van der Waals surface area contributed by atoms with Gasteiger partial charge in [0.25, 0.3) is 5.56 Å². The number of nitrogens with one attached hydrogen (secondary N) is 1. The highest BCUT2D eigenvalue weighted by molar-refractivity contribution is 9.10. The number of hydrogen-bond acceptors (Lipinski definition) is 5. The fourth-order valence-corrected chi connectivity index (χ4v) is 2.17. The van der Waals surface area contributed by atoms with Crippen molar-refractivity contribution in [2.45, 2.75) is 26.3 Å². The van der Waals surface area contributed by atoms with Crippen molar-refractivity contribution in [3.05, 3.63) is 33.2 Å². The summed E-state index contributed by atoms with van der Waals surface area (Å²) in [7, 11) is 1.83. The maximum atomic E-state index is 12.1. The topological polar surface area (TPSA) is 77.6 Å². The van der Waals surface area contributed by atoms with Gasteiger partial charge in [-0.3, -0.25) is 9.48 Å². The van der Waals surface area contributed by atoms with E-state index in [9.17, 15) is 4.79 Å². The first kappa shape index (κ1) is 14.7. The summed E-state index contributed by atoms with van der Waals surface area (Å²) in [5, 5.41) is 11.5. The maximum Gasteiger partial charge on any atom is 0.283 e. The molecule has 2 heterocycles. The predicted octanol–water partition coefficient (Wildman–Crippen LogP) is 1.37. The predicted molar refractivity (Wildman–Crippen MR) is 79.8 cm³/mol. The Balaban J connectivity index is 2.03. The van der Waals surface area contributed by atoms with Gasteiger partial charge in [-0.15, -0.1) is 0 Å². The van der Waals surface area contributed by atoms with Gasteiger partial charge in [-0.1, -0.05) is 0 Å². The summed E-state index contributed by atoms with van der Waals surface area (Å²) in [4.78, 5) is 16.2. The summed E-state index contributed by atoms with van der Waals surface area (Å²) < 4.78 is 3.60. The lowest BCUT2D eigenvalue weighted by atomic mass is 10.3. The van der Waals surface area contributed by atoms with E-state index in [4.69, 9.17) is 0 Å². The molecule has 20 heavy (non-hydrogen) atoms. The van der Waals surface area contributed by atoms with Crippen LogP contribution in [0.25, 0.3) is 0 Å². The second-order valence-corrected chi connectivity index (χ2v) is 5.52. The van der Waals surface area contributed by atoms with E-state index in [2.05, 4.69) is 36.4 Å². The van der Waals surface area contributed by atoms with E-state index in [0.29, 0.717) is 23.1 Å². The van der Waals surface area contributed by atoms with Crippen LogP contribution in [0.5, 0.6) is 0 Å². The van der Waals surface area contributed by atoms with Crippen molar-refractivity contribution >= 4 is 21.6 Å². The molecule has 2 aromatic heterocycles. The minimum atomic E-state index is -0.138. The van der Waals surface area contributed by atoms with E-state index in [-0.39, 0.29) is 11.6 Å². The Bertz CT molecular complexity index is 648. The van der Waals surface area contributed by atoms with Gasteiger partial charge in [-0.2, -0.15) is 10.2 Å². The van der Waals surface area contributed by atoms with Crippen LogP contribution in [-0.4, -0.2) is 31.1 Å². The fraction of sp³-hybridized carbons (Fsp3) is 0.500. The van der Waals surface area contributed by atoms with Crippen LogP contribution in [0.15, 0.2) is 21.8 Å². The second kappa shape index (κ2) is 6.17. The SMILES string of the molecule is CC(C)n1ncc(NCCc2ncn(C)n2)c(Br)c1=O. The minimum Gasteiger partial charge on any atom is -0.382 e. The number of anilines is 1. The lowest BCUT2D eigenvalue weighted by Crippen LogP contribution is -2.26. The summed E-state index contributed by atoms with van der Waals surface area (Å²) in [5.74, 6) is 0.764. The third-order valence-electron chi connectivity index (χ3n) is 2.74. The molecule has 2 aromatic rings. The molecule has 0 aliphatic rings. The molecule has 0 aromatic carbocycles. The average Bonchev–Trinajstić information content (AvgIpc) is 2.80. The zero-order chi connectivity index (χ0) is 14.7. The Morgan fingerprint density at radius 2 is 2.20 bits per heavy atom. The lowest BCUT2D eigenvalue weighted by Gasteiger charge is -2.11. The summed E-state index contributed by atoms with van der Waals surface area (Å²) in [6.07, 6.45) is 3.99. The molecule has 0 fully saturated rings. The van der Waals surface area contributed by atoms with Crippen molar-refractivity contribution in [3.63, 3.8) is 0 Å². The molecule has 0 spiro atoms. The lowest BCUT2D eigenvalue weighted by molar-refractivity contribution is 0.501. The molecular formula is C12H17BrN6O. The van der Waals surface area contributed by atoms with Gasteiger partial charge >= 0.3 is 0 Å². The number of nitrogens with zero attached hydrogens (tertiary/aromatic N) is 5. The molecule has 0 radical (unpaired) electrons. The van der Waals surface area contributed by atoms with Crippen molar-refractivity contribution < 1.29 is 0 Å². The van der Waals surface area contributed by atoms with Crippen LogP contribution < -0.4 is 10.9 Å². The highest BCUT2D eigenvalue weighted by Gasteiger charge is 2.10. The first-order valence-electron chi connectivity index (χ1n) is 6.34. The monoisotopic (exact) mass is 340 g/mol. The number of halogens is 1. The zero-order valence-electron chi connectivity index (χ0n) is 11.7. The van der Waals surface area contributed by atoms with E-state index in [1.54, 1.807) is 17.2 Å². The third kappa shape index (κ3) is 3.24. The standard InChI is InChI=1S/C12H17BrN6O/c1-8(2)19-12(20)11(13)9(6-16-19)14-5-4-10-15-7-18(3)17-10/h6-8,14H,4-5H2,1-3H3. The number of hydrogen-bond donors (Lipinski definition) is 1. The molecule has 0 bridgehead atoms. The second-order valence-electron chi connectivity index (χ2n) is 4.73. The molecule has 8 heteroatoms. The highest BCUT2D eigenvalue weighted by Crippen LogP contribution is 2.16. The number of rotatable bonds is 5. The van der Waals surface area contributed by atoms with Gasteiger partial charge in [-0.05, 0) is 29.8 Å².